The maximum atomic E-state index is 11.8. The molecule has 2 rings (SSSR count). The standard InChI is InChI=1S/C11H11BrO/c1-11(2)8-6-4-3-5-7(8)9(13)10(11)12/h3-6,10H,1-2H3. The zero-order valence-electron chi connectivity index (χ0n) is 7.67. The summed E-state index contributed by atoms with van der Waals surface area (Å²) in [6.45, 7) is 4.19. The summed E-state index contributed by atoms with van der Waals surface area (Å²) in [6.07, 6.45) is 0. The summed E-state index contributed by atoms with van der Waals surface area (Å²) >= 11 is 3.46. The highest BCUT2D eigenvalue weighted by atomic mass is 79.9. The zero-order chi connectivity index (χ0) is 9.64. The van der Waals surface area contributed by atoms with Crippen molar-refractivity contribution in [3.05, 3.63) is 35.4 Å². The van der Waals surface area contributed by atoms with E-state index in [1.165, 1.54) is 0 Å². The number of benzene rings is 1. The Morgan fingerprint density at radius 3 is 2.54 bits per heavy atom. The van der Waals surface area contributed by atoms with Crippen molar-refractivity contribution in [1.82, 2.24) is 0 Å². The topological polar surface area (TPSA) is 17.1 Å². The van der Waals surface area contributed by atoms with E-state index in [-0.39, 0.29) is 16.0 Å². The third-order valence-electron chi connectivity index (χ3n) is 2.75. The molecule has 0 saturated heterocycles. The van der Waals surface area contributed by atoms with E-state index in [1.54, 1.807) is 0 Å². The highest BCUT2D eigenvalue weighted by Crippen LogP contribution is 2.41. The molecule has 0 amide bonds. The minimum absolute atomic E-state index is 0.0719. The number of Topliss-reactive ketones (excluding diaryl/α,β-unsaturated/α-hetero) is 1. The van der Waals surface area contributed by atoms with Gasteiger partial charge in [-0.15, -0.1) is 0 Å². The first-order chi connectivity index (χ1) is 6.05. The molecule has 1 aromatic rings. The first kappa shape index (κ1) is 8.95. The fraction of sp³-hybridized carbons (Fsp3) is 0.364. The smallest absolute Gasteiger partial charge is 0.177 e. The first-order valence-corrected chi connectivity index (χ1v) is 5.24. The Hall–Kier alpha value is -0.630. The van der Waals surface area contributed by atoms with Crippen LogP contribution in [0.15, 0.2) is 24.3 Å². The normalized spacial score (nSPS) is 24.5. The number of ketones is 1. The van der Waals surface area contributed by atoms with Crippen LogP contribution >= 0.6 is 15.9 Å². The largest absolute Gasteiger partial charge is 0.293 e. The molecule has 1 unspecified atom stereocenters. The van der Waals surface area contributed by atoms with Gasteiger partial charge in [0.25, 0.3) is 0 Å². The quantitative estimate of drug-likeness (QED) is 0.636. The number of hydrogen-bond acceptors (Lipinski definition) is 1. The van der Waals surface area contributed by atoms with Crippen LogP contribution in [0.5, 0.6) is 0 Å². The van der Waals surface area contributed by atoms with Gasteiger partial charge in [-0.05, 0) is 5.56 Å². The average Bonchev–Trinajstić information content (AvgIpc) is 2.30. The van der Waals surface area contributed by atoms with Gasteiger partial charge in [0.1, 0.15) is 0 Å². The van der Waals surface area contributed by atoms with Crippen LogP contribution in [0, 0.1) is 0 Å². The molecule has 2 heteroatoms. The van der Waals surface area contributed by atoms with Gasteiger partial charge in [0.2, 0.25) is 0 Å². The van der Waals surface area contributed by atoms with Crippen molar-refractivity contribution < 1.29 is 4.79 Å². The van der Waals surface area contributed by atoms with E-state index in [4.69, 9.17) is 0 Å². The van der Waals surface area contributed by atoms with Crippen molar-refractivity contribution in [2.75, 3.05) is 0 Å². The van der Waals surface area contributed by atoms with Crippen LogP contribution in [-0.4, -0.2) is 10.6 Å². The van der Waals surface area contributed by atoms with E-state index in [0.717, 1.165) is 11.1 Å². The molecule has 1 aliphatic carbocycles. The number of alkyl halides is 1. The molecule has 0 saturated carbocycles. The molecule has 0 heterocycles. The predicted molar refractivity (Wildman–Crippen MR) is 56.5 cm³/mol. The fourth-order valence-corrected chi connectivity index (χ4v) is 2.35. The second-order valence-electron chi connectivity index (χ2n) is 3.99. The second kappa shape index (κ2) is 2.68. The molecule has 1 aliphatic rings. The van der Waals surface area contributed by atoms with Crippen molar-refractivity contribution in [3.63, 3.8) is 0 Å². The molecule has 13 heavy (non-hydrogen) atoms. The summed E-state index contributed by atoms with van der Waals surface area (Å²) in [5.74, 6) is 0.209. The van der Waals surface area contributed by atoms with Crippen LogP contribution in [0.3, 0.4) is 0 Å². The van der Waals surface area contributed by atoms with Gasteiger partial charge < -0.3 is 0 Å². The molecule has 0 aliphatic heterocycles. The number of carbonyl (C=O) groups excluding carboxylic acids is 1. The Labute approximate surface area is 86.3 Å². The second-order valence-corrected chi connectivity index (χ2v) is 4.91. The minimum atomic E-state index is -0.0757. The molecule has 1 aromatic carbocycles. The van der Waals surface area contributed by atoms with Crippen LogP contribution in [0.1, 0.15) is 29.8 Å². The van der Waals surface area contributed by atoms with Crippen molar-refractivity contribution in [1.29, 1.82) is 0 Å². The molecule has 1 atom stereocenters. The van der Waals surface area contributed by atoms with Crippen LogP contribution in [0.2, 0.25) is 0 Å². The number of hydrogen-bond donors (Lipinski definition) is 0. The van der Waals surface area contributed by atoms with E-state index >= 15 is 0 Å². The maximum absolute atomic E-state index is 11.8. The van der Waals surface area contributed by atoms with Crippen molar-refractivity contribution in [3.8, 4) is 0 Å². The monoisotopic (exact) mass is 238 g/mol. The molecular weight excluding hydrogens is 228 g/mol. The molecule has 0 fully saturated rings. The van der Waals surface area contributed by atoms with Gasteiger partial charge in [-0.2, -0.15) is 0 Å². The minimum Gasteiger partial charge on any atom is -0.293 e. The molecule has 0 N–H and O–H groups in total. The third kappa shape index (κ3) is 1.08. The van der Waals surface area contributed by atoms with Gasteiger partial charge in [-0.25, -0.2) is 0 Å². The van der Waals surface area contributed by atoms with Gasteiger partial charge in [0.15, 0.2) is 5.78 Å². The van der Waals surface area contributed by atoms with Gasteiger partial charge in [0, 0.05) is 11.0 Å². The molecule has 0 aromatic heterocycles. The highest BCUT2D eigenvalue weighted by molar-refractivity contribution is 9.10. The number of fused-ring (bicyclic) bond motifs is 1. The fourth-order valence-electron chi connectivity index (χ4n) is 1.86. The van der Waals surface area contributed by atoms with E-state index in [2.05, 4.69) is 29.8 Å². The van der Waals surface area contributed by atoms with Gasteiger partial charge >= 0.3 is 0 Å². The summed E-state index contributed by atoms with van der Waals surface area (Å²) in [5, 5.41) is 0. The van der Waals surface area contributed by atoms with E-state index < -0.39 is 0 Å². The lowest BCUT2D eigenvalue weighted by Crippen LogP contribution is -2.26. The van der Waals surface area contributed by atoms with Crippen LogP contribution in [-0.2, 0) is 5.41 Å². The number of rotatable bonds is 0. The van der Waals surface area contributed by atoms with Crippen LogP contribution in [0.25, 0.3) is 0 Å². The maximum Gasteiger partial charge on any atom is 0.177 e. The Morgan fingerprint density at radius 2 is 1.92 bits per heavy atom. The van der Waals surface area contributed by atoms with Gasteiger partial charge in [-0.3, -0.25) is 4.79 Å². The average molecular weight is 239 g/mol. The lowest BCUT2D eigenvalue weighted by Gasteiger charge is -2.21. The molecular formula is C11H11BrO. The van der Waals surface area contributed by atoms with E-state index in [1.807, 2.05) is 24.3 Å². The first-order valence-electron chi connectivity index (χ1n) is 4.33. The Bertz CT molecular complexity index is 368. The molecule has 0 bridgehead atoms. The zero-order valence-corrected chi connectivity index (χ0v) is 9.26. The summed E-state index contributed by atoms with van der Waals surface area (Å²) in [4.78, 5) is 11.7. The van der Waals surface area contributed by atoms with Crippen LogP contribution in [0.4, 0.5) is 0 Å². The molecule has 0 radical (unpaired) electrons. The lowest BCUT2D eigenvalue weighted by atomic mass is 9.86. The van der Waals surface area contributed by atoms with E-state index in [9.17, 15) is 4.79 Å². The molecule has 68 valence electrons. The summed E-state index contributed by atoms with van der Waals surface area (Å²) in [6, 6.07) is 7.84. The Balaban J connectivity index is 2.68. The van der Waals surface area contributed by atoms with E-state index in [0.29, 0.717) is 0 Å². The van der Waals surface area contributed by atoms with Crippen molar-refractivity contribution in [2.24, 2.45) is 0 Å². The summed E-state index contributed by atoms with van der Waals surface area (Å²) in [7, 11) is 0. The van der Waals surface area contributed by atoms with Gasteiger partial charge in [0.05, 0.1) is 4.83 Å². The van der Waals surface area contributed by atoms with Crippen molar-refractivity contribution >= 4 is 21.7 Å². The summed E-state index contributed by atoms with van der Waals surface area (Å²) in [5.41, 5.74) is 1.95. The summed E-state index contributed by atoms with van der Waals surface area (Å²) < 4.78 is 0. The number of carbonyl (C=O) groups is 1. The Morgan fingerprint density at radius 1 is 1.31 bits per heavy atom. The SMILES string of the molecule is CC1(C)c2ccccc2C(=O)C1Br. The van der Waals surface area contributed by atoms with Crippen molar-refractivity contribution in [2.45, 2.75) is 24.1 Å². The lowest BCUT2D eigenvalue weighted by molar-refractivity contribution is 0.0989. The number of halogens is 1. The predicted octanol–water partition coefficient (Wildman–Crippen LogP) is 2.92. The molecule has 0 spiro atoms. The van der Waals surface area contributed by atoms with Crippen LogP contribution < -0.4 is 0 Å². The molecule has 1 nitrogen and oxygen atoms in total. The Kier molecular flexibility index (Phi) is 1.84. The van der Waals surface area contributed by atoms with Gasteiger partial charge in [-0.1, -0.05) is 54.0 Å². The third-order valence-corrected chi connectivity index (χ3v) is 4.31. The highest BCUT2D eigenvalue weighted by Gasteiger charge is 2.43.